The van der Waals surface area contributed by atoms with E-state index in [4.69, 9.17) is 5.73 Å². The maximum atomic E-state index is 12.7. The molecule has 3 aliphatic rings. The molecular weight excluding hydrogens is 272 g/mol. The number of rotatable bonds is 4. The largest absolute Gasteiger partial charge is 0.355 e. The van der Waals surface area contributed by atoms with Crippen LogP contribution in [0.5, 0.6) is 0 Å². The van der Waals surface area contributed by atoms with Gasteiger partial charge in [0.2, 0.25) is 5.91 Å². The van der Waals surface area contributed by atoms with Gasteiger partial charge in [-0.1, -0.05) is 36.8 Å². The van der Waals surface area contributed by atoms with E-state index in [1.165, 1.54) is 44.1 Å². The fraction of sp³-hybridized carbons (Fsp3) is 0.632. The molecule has 3 N–H and O–H groups in total. The Hall–Kier alpha value is -1.35. The number of carbonyl (C=O) groups is 1. The summed E-state index contributed by atoms with van der Waals surface area (Å²) in [7, 11) is 0. The highest BCUT2D eigenvalue weighted by molar-refractivity contribution is 5.80. The number of nitrogens with one attached hydrogen (secondary N) is 1. The SMILES string of the molecule is NC1C2CCC(C2)C1C(=O)NCC1(c2ccccc2)CCC1. The second-order valence-corrected chi connectivity index (χ2v) is 7.65. The molecule has 1 aromatic carbocycles. The van der Waals surface area contributed by atoms with Crippen molar-refractivity contribution in [3.05, 3.63) is 35.9 Å². The number of fused-ring (bicyclic) bond motifs is 2. The summed E-state index contributed by atoms with van der Waals surface area (Å²) in [4.78, 5) is 12.7. The number of benzene rings is 1. The molecule has 0 aromatic heterocycles. The van der Waals surface area contributed by atoms with Crippen LogP contribution in [-0.2, 0) is 10.2 Å². The summed E-state index contributed by atoms with van der Waals surface area (Å²) in [6.07, 6.45) is 7.21. The minimum atomic E-state index is 0.0617. The van der Waals surface area contributed by atoms with Crippen LogP contribution in [0.1, 0.15) is 44.1 Å². The molecule has 4 rings (SSSR count). The van der Waals surface area contributed by atoms with Crippen LogP contribution in [0, 0.1) is 17.8 Å². The van der Waals surface area contributed by atoms with Crippen molar-refractivity contribution < 1.29 is 4.79 Å². The number of carbonyl (C=O) groups excluding carboxylic acids is 1. The second kappa shape index (κ2) is 5.38. The number of hydrogen-bond donors (Lipinski definition) is 2. The van der Waals surface area contributed by atoms with Crippen molar-refractivity contribution in [3.63, 3.8) is 0 Å². The van der Waals surface area contributed by atoms with Crippen molar-refractivity contribution in [2.24, 2.45) is 23.5 Å². The zero-order chi connectivity index (χ0) is 15.2. The van der Waals surface area contributed by atoms with Crippen LogP contribution in [0.4, 0.5) is 0 Å². The average Bonchev–Trinajstić information content (AvgIpc) is 3.08. The molecule has 3 fully saturated rings. The Kier molecular flexibility index (Phi) is 3.48. The van der Waals surface area contributed by atoms with Crippen molar-refractivity contribution in [2.45, 2.75) is 50.0 Å². The molecule has 1 aromatic rings. The van der Waals surface area contributed by atoms with Crippen LogP contribution in [-0.4, -0.2) is 18.5 Å². The summed E-state index contributed by atoms with van der Waals surface area (Å²) in [5.41, 5.74) is 7.84. The van der Waals surface area contributed by atoms with Gasteiger partial charge >= 0.3 is 0 Å². The lowest BCUT2D eigenvalue weighted by atomic mass is 9.64. The van der Waals surface area contributed by atoms with Crippen molar-refractivity contribution in [3.8, 4) is 0 Å². The van der Waals surface area contributed by atoms with Gasteiger partial charge in [0, 0.05) is 18.0 Å². The molecule has 3 nitrogen and oxygen atoms in total. The van der Waals surface area contributed by atoms with Crippen molar-refractivity contribution >= 4 is 5.91 Å². The molecule has 22 heavy (non-hydrogen) atoms. The lowest BCUT2D eigenvalue weighted by Gasteiger charge is -2.43. The monoisotopic (exact) mass is 298 g/mol. The van der Waals surface area contributed by atoms with Gasteiger partial charge < -0.3 is 11.1 Å². The van der Waals surface area contributed by atoms with Gasteiger partial charge in [0.1, 0.15) is 0 Å². The van der Waals surface area contributed by atoms with E-state index in [0.717, 1.165) is 6.54 Å². The molecule has 0 heterocycles. The molecule has 0 radical (unpaired) electrons. The van der Waals surface area contributed by atoms with E-state index in [0.29, 0.717) is 11.8 Å². The predicted molar refractivity (Wildman–Crippen MR) is 87.3 cm³/mol. The first-order valence-corrected chi connectivity index (χ1v) is 8.78. The maximum absolute atomic E-state index is 12.7. The quantitative estimate of drug-likeness (QED) is 0.897. The molecule has 118 valence electrons. The van der Waals surface area contributed by atoms with Crippen LogP contribution >= 0.6 is 0 Å². The summed E-state index contributed by atoms with van der Waals surface area (Å²) < 4.78 is 0. The second-order valence-electron chi connectivity index (χ2n) is 7.65. The van der Waals surface area contributed by atoms with Crippen molar-refractivity contribution in [1.29, 1.82) is 0 Å². The van der Waals surface area contributed by atoms with E-state index < -0.39 is 0 Å². The average molecular weight is 298 g/mol. The normalized spacial score (nSPS) is 35.1. The molecule has 0 spiro atoms. The fourth-order valence-corrected chi connectivity index (χ4v) is 5.06. The Labute approximate surface area is 132 Å². The fourth-order valence-electron chi connectivity index (χ4n) is 5.06. The van der Waals surface area contributed by atoms with Gasteiger partial charge in [-0.25, -0.2) is 0 Å². The van der Waals surface area contributed by atoms with Crippen LogP contribution in [0.25, 0.3) is 0 Å². The molecule has 4 atom stereocenters. The third kappa shape index (κ3) is 2.18. The van der Waals surface area contributed by atoms with Crippen LogP contribution in [0.2, 0.25) is 0 Å². The smallest absolute Gasteiger partial charge is 0.224 e. The molecule has 0 aliphatic heterocycles. The van der Waals surface area contributed by atoms with Crippen molar-refractivity contribution in [2.75, 3.05) is 6.54 Å². The molecule has 4 unspecified atom stereocenters. The summed E-state index contributed by atoms with van der Waals surface area (Å²) in [5, 5.41) is 3.26. The van der Waals surface area contributed by atoms with Gasteiger partial charge in [-0.15, -0.1) is 0 Å². The van der Waals surface area contributed by atoms with E-state index in [1.54, 1.807) is 0 Å². The van der Waals surface area contributed by atoms with Gasteiger partial charge in [-0.3, -0.25) is 4.79 Å². The van der Waals surface area contributed by atoms with Crippen LogP contribution < -0.4 is 11.1 Å². The van der Waals surface area contributed by atoms with Crippen molar-refractivity contribution in [1.82, 2.24) is 5.32 Å². The summed E-state index contributed by atoms with van der Waals surface area (Å²) in [6.45, 7) is 0.774. The predicted octanol–water partition coefficient (Wildman–Crippen LogP) is 2.60. The van der Waals surface area contributed by atoms with Crippen LogP contribution in [0.3, 0.4) is 0 Å². The van der Waals surface area contributed by atoms with Gasteiger partial charge in [0.05, 0.1) is 5.92 Å². The molecule has 3 aliphatic carbocycles. The summed E-state index contributed by atoms with van der Waals surface area (Å²) in [6, 6.07) is 10.8. The number of hydrogen-bond acceptors (Lipinski definition) is 2. The van der Waals surface area contributed by atoms with Crippen LogP contribution in [0.15, 0.2) is 30.3 Å². The lowest BCUT2D eigenvalue weighted by Crippen LogP contribution is -2.50. The van der Waals surface area contributed by atoms with E-state index in [-0.39, 0.29) is 23.3 Å². The number of amides is 1. The van der Waals surface area contributed by atoms with E-state index in [9.17, 15) is 4.79 Å². The highest BCUT2D eigenvalue weighted by Gasteiger charge is 2.49. The molecule has 3 saturated carbocycles. The number of nitrogens with two attached hydrogens (primary N) is 1. The topological polar surface area (TPSA) is 55.1 Å². The Morgan fingerprint density at radius 3 is 2.50 bits per heavy atom. The van der Waals surface area contributed by atoms with Gasteiger partial charge in [0.15, 0.2) is 0 Å². The zero-order valence-corrected chi connectivity index (χ0v) is 13.1. The molecule has 1 amide bonds. The van der Waals surface area contributed by atoms with Gasteiger partial charge in [-0.2, -0.15) is 0 Å². The summed E-state index contributed by atoms with van der Waals surface area (Å²) in [5.74, 6) is 1.40. The Balaban J connectivity index is 1.43. The van der Waals surface area contributed by atoms with E-state index >= 15 is 0 Å². The molecular formula is C19H26N2O. The summed E-state index contributed by atoms with van der Waals surface area (Å²) >= 11 is 0. The van der Waals surface area contributed by atoms with E-state index in [1.807, 2.05) is 0 Å². The third-order valence-electron chi connectivity index (χ3n) is 6.58. The zero-order valence-electron chi connectivity index (χ0n) is 13.1. The minimum absolute atomic E-state index is 0.0617. The molecule has 0 saturated heterocycles. The Bertz CT molecular complexity index is 550. The minimum Gasteiger partial charge on any atom is -0.355 e. The highest BCUT2D eigenvalue weighted by Crippen LogP contribution is 2.48. The molecule has 2 bridgehead atoms. The third-order valence-corrected chi connectivity index (χ3v) is 6.58. The first-order valence-electron chi connectivity index (χ1n) is 8.78. The van der Waals surface area contributed by atoms with Gasteiger partial charge in [-0.05, 0) is 49.5 Å². The standard InChI is InChI=1S/C19H26N2O/c20-17-14-8-7-13(11-14)16(17)18(22)21-12-19(9-4-10-19)15-5-2-1-3-6-15/h1-3,5-6,13-14,16-17H,4,7-12,20H2,(H,21,22). The first kappa shape index (κ1) is 14.3. The lowest BCUT2D eigenvalue weighted by molar-refractivity contribution is -0.127. The highest BCUT2D eigenvalue weighted by atomic mass is 16.1. The maximum Gasteiger partial charge on any atom is 0.224 e. The Morgan fingerprint density at radius 2 is 1.91 bits per heavy atom. The first-order chi connectivity index (χ1) is 10.7. The van der Waals surface area contributed by atoms with E-state index in [2.05, 4.69) is 35.6 Å². The van der Waals surface area contributed by atoms with Gasteiger partial charge in [0.25, 0.3) is 0 Å². The molecule has 3 heteroatoms. The Morgan fingerprint density at radius 1 is 1.18 bits per heavy atom.